The van der Waals surface area contributed by atoms with E-state index >= 15 is 0 Å². The van der Waals surface area contributed by atoms with Gasteiger partial charge in [-0.3, -0.25) is 14.9 Å². The largest absolute Gasteiger partial charge is 0.508 e. The van der Waals surface area contributed by atoms with Gasteiger partial charge in [-0.05, 0) is 54.4 Å². The molecule has 0 aliphatic carbocycles. The Morgan fingerprint density at radius 1 is 0.897 bits per heavy atom. The molecule has 0 saturated carbocycles. The number of benzene rings is 4. The lowest BCUT2D eigenvalue weighted by Crippen LogP contribution is -2.20. The molecule has 39 heavy (non-hydrogen) atoms. The zero-order valence-electron chi connectivity index (χ0n) is 20.5. The van der Waals surface area contributed by atoms with Gasteiger partial charge in [0.15, 0.2) is 0 Å². The molecule has 0 atom stereocenters. The average molecular weight is 540 g/mol. The van der Waals surface area contributed by atoms with Crippen LogP contribution < -0.4 is 10.6 Å². The summed E-state index contributed by atoms with van der Waals surface area (Å²) in [5.74, 6) is -1.95. The minimum atomic E-state index is -1.01. The summed E-state index contributed by atoms with van der Waals surface area (Å²) in [5, 5.41) is 27.1. The first kappa shape index (κ1) is 24.5. The lowest BCUT2D eigenvalue weighted by Gasteiger charge is -2.13. The molecule has 0 bridgehead atoms. The molecule has 194 valence electrons. The molecule has 0 saturated heterocycles. The Morgan fingerprint density at radius 2 is 1.64 bits per heavy atom. The Balaban J connectivity index is 1.48. The van der Waals surface area contributed by atoms with Gasteiger partial charge in [0, 0.05) is 45.7 Å². The van der Waals surface area contributed by atoms with Gasteiger partial charge in [-0.1, -0.05) is 41.9 Å². The van der Waals surface area contributed by atoms with E-state index in [-0.39, 0.29) is 22.4 Å². The second kappa shape index (κ2) is 9.49. The van der Waals surface area contributed by atoms with Gasteiger partial charge in [-0.2, -0.15) is 0 Å². The van der Waals surface area contributed by atoms with Crippen molar-refractivity contribution in [3.8, 4) is 16.9 Å². The van der Waals surface area contributed by atoms with E-state index in [0.717, 1.165) is 11.0 Å². The molecule has 1 aliphatic heterocycles. The molecule has 1 aliphatic rings. The van der Waals surface area contributed by atoms with Crippen LogP contribution in [0.1, 0.15) is 37.5 Å². The van der Waals surface area contributed by atoms with Crippen molar-refractivity contribution in [1.82, 2.24) is 9.88 Å². The van der Waals surface area contributed by atoms with Gasteiger partial charge < -0.3 is 20.1 Å². The third kappa shape index (κ3) is 4.06. The van der Waals surface area contributed by atoms with E-state index in [0.29, 0.717) is 52.1 Å². The summed E-state index contributed by atoms with van der Waals surface area (Å²) in [6.07, 6.45) is 0.622. The van der Waals surface area contributed by atoms with Crippen molar-refractivity contribution < 1.29 is 24.6 Å². The van der Waals surface area contributed by atoms with E-state index in [9.17, 15) is 24.6 Å². The first-order valence-electron chi connectivity index (χ1n) is 12.3. The highest BCUT2D eigenvalue weighted by atomic mass is 35.5. The van der Waals surface area contributed by atoms with Crippen molar-refractivity contribution in [3.05, 3.63) is 94.5 Å². The van der Waals surface area contributed by atoms with Crippen LogP contribution in [0.5, 0.6) is 5.75 Å². The molecule has 2 amide bonds. The van der Waals surface area contributed by atoms with Crippen LogP contribution in [0.2, 0.25) is 5.02 Å². The summed E-state index contributed by atoms with van der Waals surface area (Å²) in [5.41, 5.74) is 3.94. The van der Waals surface area contributed by atoms with E-state index in [1.807, 2.05) is 22.8 Å². The molecule has 0 fully saturated rings. The summed E-state index contributed by atoms with van der Waals surface area (Å²) in [7, 11) is 0. The number of hydrogen-bond acceptors (Lipinski definition) is 5. The Labute approximate surface area is 227 Å². The number of nitrogens with one attached hydrogen (secondary N) is 2. The molecule has 0 radical (unpaired) electrons. The topological polar surface area (TPSA) is 121 Å². The van der Waals surface area contributed by atoms with Crippen LogP contribution >= 0.6 is 11.6 Å². The highest BCUT2D eigenvalue weighted by Crippen LogP contribution is 2.42. The molecule has 6 rings (SSSR count). The second-order valence-electron chi connectivity index (χ2n) is 9.32. The lowest BCUT2D eigenvalue weighted by molar-refractivity contribution is 0.0697. The Bertz CT molecular complexity index is 1840. The fourth-order valence-electron chi connectivity index (χ4n) is 5.35. The van der Waals surface area contributed by atoms with Crippen LogP contribution in [-0.4, -0.2) is 39.1 Å². The maximum Gasteiger partial charge on any atom is 0.337 e. The number of anilines is 1. The van der Waals surface area contributed by atoms with Crippen LogP contribution in [0.4, 0.5) is 5.69 Å². The van der Waals surface area contributed by atoms with E-state index in [4.69, 9.17) is 11.6 Å². The SMILES string of the molecule is O=C(O)c1ccccc1NCCCn1c2ccc(O)cc2c2c3c(c(-c4ccccc4Cl)cc21)C(=O)NC3=O. The number of aromatic hydroxyl groups is 1. The molecule has 4 N–H and O–H groups in total. The van der Waals surface area contributed by atoms with Crippen molar-refractivity contribution in [2.45, 2.75) is 13.0 Å². The van der Waals surface area contributed by atoms with Crippen LogP contribution in [-0.2, 0) is 6.54 Å². The fraction of sp³-hybridized carbons (Fsp3) is 0.100. The highest BCUT2D eigenvalue weighted by molar-refractivity contribution is 6.36. The van der Waals surface area contributed by atoms with Gasteiger partial charge in [-0.25, -0.2) is 4.79 Å². The number of carboxylic acid groups (broad SMARTS) is 1. The Morgan fingerprint density at radius 3 is 2.44 bits per heavy atom. The predicted octanol–water partition coefficient (Wildman–Crippen LogP) is 5.90. The summed E-state index contributed by atoms with van der Waals surface area (Å²) in [6, 6.07) is 20.7. The zero-order chi connectivity index (χ0) is 27.3. The monoisotopic (exact) mass is 539 g/mol. The molecule has 2 heterocycles. The van der Waals surface area contributed by atoms with Gasteiger partial charge in [0.25, 0.3) is 11.8 Å². The van der Waals surface area contributed by atoms with Crippen molar-refractivity contribution in [1.29, 1.82) is 0 Å². The van der Waals surface area contributed by atoms with Gasteiger partial charge in [-0.15, -0.1) is 0 Å². The summed E-state index contributed by atoms with van der Waals surface area (Å²) < 4.78 is 2.05. The average Bonchev–Trinajstić information content (AvgIpc) is 3.39. The minimum absolute atomic E-state index is 0.0437. The molecule has 0 spiro atoms. The van der Waals surface area contributed by atoms with E-state index in [1.54, 1.807) is 54.6 Å². The number of halogens is 1. The number of para-hydroxylation sites is 1. The number of carbonyl (C=O) groups excluding carboxylic acids is 2. The first-order chi connectivity index (χ1) is 18.8. The third-order valence-corrected chi connectivity index (χ3v) is 7.34. The Kier molecular flexibility index (Phi) is 5.96. The molecule has 5 aromatic rings. The normalized spacial score (nSPS) is 12.6. The standard InChI is InChI=1S/C30H22ClN3O5/c31-21-8-3-1-6-17(21)19-15-24-25(27-26(19)28(36)33-29(27)37)20-14-16(35)10-11-23(20)34(24)13-5-12-32-22-9-4-2-7-18(22)30(38)39/h1-4,6-11,14-15,32,35H,5,12-13H2,(H,38,39)(H,33,36,37). The molecule has 8 nitrogen and oxygen atoms in total. The molecule has 4 aromatic carbocycles. The van der Waals surface area contributed by atoms with Crippen LogP contribution in [0, 0.1) is 0 Å². The van der Waals surface area contributed by atoms with E-state index in [2.05, 4.69) is 10.6 Å². The van der Waals surface area contributed by atoms with Gasteiger partial charge >= 0.3 is 5.97 Å². The molecular formula is C30H22ClN3O5. The number of phenols is 1. The predicted molar refractivity (Wildman–Crippen MR) is 150 cm³/mol. The van der Waals surface area contributed by atoms with Gasteiger partial charge in [0.1, 0.15) is 5.75 Å². The number of amides is 2. The molecular weight excluding hydrogens is 518 g/mol. The lowest BCUT2D eigenvalue weighted by atomic mass is 9.93. The number of nitrogens with zero attached hydrogens (tertiary/aromatic N) is 1. The van der Waals surface area contributed by atoms with E-state index in [1.165, 1.54) is 0 Å². The van der Waals surface area contributed by atoms with Crippen LogP contribution in [0.25, 0.3) is 32.9 Å². The second-order valence-corrected chi connectivity index (χ2v) is 9.72. The number of hydrogen-bond donors (Lipinski definition) is 4. The smallest absolute Gasteiger partial charge is 0.337 e. The first-order valence-corrected chi connectivity index (χ1v) is 12.7. The number of aromatic carboxylic acids is 1. The molecule has 0 unspecified atom stereocenters. The van der Waals surface area contributed by atoms with Gasteiger partial charge in [0.05, 0.1) is 22.2 Å². The number of aryl methyl sites for hydroxylation is 1. The number of imide groups is 1. The number of aromatic nitrogens is 1. The fourth-order valence-corrected chi connectivity index (χ4v) is 5.59. The molecule has 9 heteroatoms. The third-order valence-electron chi connectivity index (χ3n) is 7.01. The number of fused-ring (bicyclic) bond motifs is 5. The maximum absolute atomic E-state index is 13.1. The number of rotatable bonds is 7. The number of carbonyl (C=O) groups is 3. The number of carboxylic acids is 1. The summed E-state index contributed by atoms with van der Waals surface area (Å²) in [6.45, 7) is 1.01. The van der Waals surface area contributed by atoms with Gasteiger partial charge in [0.2, 0.25) is 0 Å². The summed E-state index contributed by atoms with van der Waals surface area (Å²) in [4.78, 5) is 37.6. The van der Waals surface area contributed by atoms with Crippen molar-refractivity contribution in [3.63, 3.8) is 0 Å². The van der Waals surface area contributed by atoms with Crippen molar-refractivity contribution >= 4 is 56.9 Å². The minimum Gasteiger partial charge on any atom is -0.508 e. The Hall–Kier alpha value is -4.82. The zero-order valence-corrected chi connectivity index (χ0v) is 21.2. The highest BCUT2D eigenvalue weighted by Gasteiger charge is 2.35. The van der Waals surface area contributed by atoms with Crippen molar-refractivity contribution in [2.75, 3.05) is 11.9 Å². The maximum atomic E-state index is 13.1. The van der Waals surface area contributed by atoms with Crippen LogP contribution in [0.3, 0.4) is 0 Å². The molecule has 1 aromatic heterocycles. The van der Waals surface area contributed by atoms with Crippen molar-refractivity contribution in [2.24, 2.45) is 0 Å². The number of phenolic OH excluding ortho intramolecular Hbond substituents is 1. The van der Waals surface area contributed by atoms with Crippen LogP contribution in [0.15, 0.2) is 72.8 Å². The summed E-state index contributed by atoms with van der Waals surface area (Å²) >= 11 is 6.52. The quantitative estimate of drug-likeness (QED) is 0.151. The van der Waals surface area contributed by atoms with E-state index < -0.39 is 17.8 Å².